The lowest BCUT2D eigenvalue weighted by atomic mass is 9.96. The molecule has 192 valence electrons. The van der Waals surface area contributed by atoms with Gasteiger partial charge in [0, 0.05) is 11.6 Å². The van der Waals surface area contributed by atoms with E-state index in [9.17, 15) is 19.5 Å². The average molecular weight is 549 g/mol. The van der Waals surface area contributed by atoms with Gasteiger partial charge in [0.15, 0.2) is 4.80 Å². The highest BCUT2D eigenvalue weighted by Crippen LogP contribution is 2.31. The molecule has 1 N–H and O–H groups in total. The molecule has 0 saturated carbocycles. The van der Waals surface area contributed by atoms with Gasteiger partial charge in [-0.1, -0.05) is 59.3 Å². The van der Waals surface area contributed by atoms with Crippen molar-refractivity contribution in [3.63, 3.8) is 0 Å². The molecule has 1 aliphatic rings. The van der Waals surface area contributed by atoms with Gasteiger partial charge in [0.25, 0.3) is 5.56 Å². The van der Waals surface area contributed by atoms with Gasteiger partial charge < -0.3 is 14.3 Å². The van der Waals surface area contributed by atoms with Gasteiger partial charge in [-0.2, -0.15) is 0 Å². The zero-order valence-electron chi connectivity index (χ0n) is 20.3. The fraction of sp³-hybridized carbons (Fsp3) is 0.143. The van der Waals surface area contributed by atoms with E-state index in [-0.39, 0.29) is 22.8 Å². The highest BCUT2D eigenvalue weighted by atomic mass is 35.5. The number of fused-ring (bicyclic) bond motifs is 1. The van der Waals surface area contributed by atoms with Crippen LogP contribution < -0.4 is 14.9 Å². The predicted octanol–water partition coefficient (Wildman–Crippen LogP) is 4.41. The number of allylic oxidation sites excluding steroid dienone is 1. The molecule has 5 rings (SSSR count). The third-order valence-corrected chi connectivity index (χ3v) is 7.31. The van der Waals surface area contributed by atoms with E-state index in [4.69, 9.17) is 20.8 Å². The fourth-order valence-corrected chi connectivity index (χ4v) is 5.59. The number of aromatic nitrogens is 1. The number of carboxylic acid groups (broad SMARTS) is 1. The SMILES string of the molecule is CCOC(=O)C1=C(C)N=c2s/c(=C/c3ccc(-c4ccc(C(=O)O)c(Cl)c4)o3)c(=O)n2C1c1ccccc1. The van der Waals surface area contributed by atoms with Crippen LogP contribution in [0.2, 0.25) is 5.02 Å². The summed E-state index contributed by atoms with van der Waals surface area (Å²) < 4.78 is 13.1. The summed E-state index contributed by atoms with van der Waals surface area (Å²) in [6.45, 7) is 3.66. The Morgan fingerprint density at radius 1 is 1.18 bits per heavy atom. The van der Waals surface area contributed by atoms with Crippen molar-refractivity contribution in [2.75, 3.05) is 6.61 Å². The van der Waals surface area contributed by atoms with Crippen LogP contribution in [0.5, 0.6) is 0 Å². The van der Waals surface area contributed by atoms with Crippen molar-refractivity contribution in [1.82, 2.24) is 4.57 Å². The van der Waals surface area contributed by atoms with E-state index in [0.29, 0.717) is 37.7 Å². The summed E-state index contributed by atoms with van der Waals surface area (Å²) in [5.74, 6) is -0.751. The highest BCUT2D eigenvalue weighted by molar-refractivity contribution is 7.07. The molecule has 0 bridgehead atoms. The van der Waals surface area contributed by atoms with Gasteiger partial charge in [-0.15, -0.1) is 0 Å². The molecular weight excluding hydrogens is 528 g/mol. The summed E-state index contributed by atoms with van der Waals surface area (Å²) in [5.41, 5.74) is 1.85. The first kappa shape index (κ1) is 25.4. The Kier molecular flexibility index (Phi) is 6.88. The Morgan fingerprint density at radius 2 is 1.95 bits per heavy atom. The summed E-state index contributed by atoms with van der Waals surface area (Å²) >= 11 is 7.29. The number of nitrogens with zero attached hydrogens (tertiary/aromatic N) is 2. The second kappa shape index (κ2) is 10.3. The number of halogens is 1. The normalized spacial score (nSPS) is 15.2. The van der Waals surface area contributed by atoms with Crippen molar-refractivity contribution in [3.8, 4) is 11.3 Å². The standard InChI is InChI=1S/C28H21ClN2O6S/c1-3-36-27(35)23-15(2)30-28-31(24(23)16-7-5-4-6-8-16)25(32)22(38-28)14-18-10-12-21(37-18)17-9-11-19(26(33)34)20(29)13-17/h4-14,24H,3H2,1-2H3,(H,33,34)/b22-14+. The van der Waals surface area contributed by atoms with Gasteiger partial charge in [-0.05, 0) is 43.7 Å². The predicted molar refractivity (Wildman–Crippen MR) is 143 cm³/mol. The maximum absolute atomic E-state index is 13.6. The molecule has 0 fully saturated rings. The lowest BCUT2D eigenvalue weighted by Crippen LogP contribution is -2.39. The van der Waals surface area contributed by atoms with Crippen molar-refractivity contribution in [2.45, 2.75) is 19.9 Å². The van der Waals surface area contributed by atoms with E-state index < -0.39 is 18.0 Å². The quantitative estimate of drug-likeness (QED) is 0.357. The summed E-state index contributed by atoms with van der Waals surface area (Å²) in [5, 5.41) is 9.28. The smallest absolute Gasteiger partial charge is 0.338 e. The van der Waals surface area contributed by atoms with Crippen LogP contribution in [0, 0.1) is 0 Å². The zero-order chi connectivity index (χ0) is 27.0. The molecule has 1 atom stereocenters. The second-order valence-corrected chi connectivity index (χ2v) is 9.83. The van der Waals surface area contributed by atoms with Crippen LogP contribution in [0.3, 0.4) is 0 Å². The highest BCUT2D eigenvalue weighted by Gasteiger charge is 2.33. The minimum Gasteiger partial charge on any atom is -0.478 e. The Hall–Kier alpha value is -4.21. The molecule has 2 aromatic carbocycles. The number of carboxylic acids is 1. The first-order valence-corrected chi connectivity index (χ1v) is 12.9. The van der Waals surface area contributed by atoms with E-state index in [1.54, 1.807) is 38.1 Å². The number of carbonyl (C=O) groups excluding carboxylic acids is 1. The number of benzene rings is 2. The van der Waals surface area contributed by atoms with Crippen molar-refractivity contribution < 1.29 is 23.8 Å². The number of hydrogen-bond acceptors (Lipinski definition) is 7. The molecule has 0 amide bonds. The minimum absolute atomic E-state index is 0.00578. The maximum atomic E-state index is 13.6. The molecule has 1 unspecified atom stereocenters. The summed E-state index contributed by atoms with van der Waals surface area (Å²) in [4.78, 5) is 42.8. The number of furan rings is 1. The van der Waals surface area contributed by atoms with Crippen molar-refractivity contribution >= 4 is 41.0 Å². The number of thiazole rings is 1. The van der Waals surface area contributed by atoms with Crippen LogP contribution in [-0.2, 0) is 9.53 Å². The van der Waals surface area contributed by atoms with E-state index in [1.165, 1.54) is 28.0 Å². The summed E-state index contributed by atoms with van der Waals surface area (Å²) in [6.07, 6.45) is 1.62. The Bertz CT molecular complexity index is 1780. The summed E-state index contributed by atoms with van der Waals surface area (Å²) in [6, 6.07) is 16.5. The third kappa shape index (κ3) is 4.62. The van der Waals surface area contributed by atoms with Gasteiger partial charge >= 0.3 is 11.9 Å². The van der Waals surface area contributed by atoms with E-state index >= 15 is 0 Å². The molecule has 8 nitrogen and oxygen atoms in total. The van der Waals surface area contributed by atoms with Gasteiger partial charge in [0.05, 0.1) is 39.0 Å². The number of aromatic carboxylic acids is 1. The topological polar surface area (TPSA) is 111 Å². The molecule has 0 spiro atoms. The lowest BCUT2D eigenvalue weighted by Gasteiger charge is -2.24. The van der Waals surface area contributed by atoms with Crippen LogP contribution in [0.15, 0.2) is 86.1 Å². The van der Waals surface area contributed by atoms with Crippen LogP contribution >= 0.6 is 22.9 Å². The van der Waals surface area contributed by atoms with Gasteiger partial charge in [0.1, 0.15) is 11.5 Å². The van der Waals surface area contributed by atoms with Crippen molar-refractivity contribution in [2.24, 2.45) is 4.99 Å². The lowest BCUT2D eigenvalue weighted by molar-refractivity contribution is -0.139. The van der Waals surface area contributed by atoms with Crippen LogP contribution in [0.25, 0.3) is 17.4 Å². The third-order valence-electron chi connectivity index (χ3n) is 6.02. The van der Waals surface area contributed by atoms with E-state index in [0.717, 1.165) is 5.56 Å². The van der Waals surface area contributed by atoms with E-state index in [2.05, 4.69) is 4.99 Å². The van der Waals surface area contributed by atoms with Crippen LogP contribution in [-0.4, -0.2) is 28.2 Å². The monoisotopic (exact) mass is 548 g/mol. The van der Waals surface area contributed by atoms with Gasteiger partial charge in [-0.3, -0.25) is 9.36 Å². The molecule has 38 heavy (non-hydrogen) atoms. The number of rotatable bonds is 6. The maximum Gasteiger partial charge on any atom is 0.338 e. The zero-order valence-corrected chi connectivity index (χ0v) is 21.9. The first-order valence-electron chi connectivity index (χ1n) is 11.7. The molecule has 3 heterocycles. The molecule has 0 saturated heterocycles. The largest absolute Gasteiger partial charge is 0.478 e. The summed E-state index contributed by atoms with van der Waals surface area (Å²) in [7, 11) is 0. The molecule has 0 aliphatic carbocycles. The van der Waals surface area contributed by atoms with Crippen molar-refractivity contribution in [1.29, 1.82) is 0 Å². The molecular formula is C28H21ClN2O6S. The molecule has 1 aliphatic heterocycles. The number of carbonyl (C=O) groups is 2. The second-order valence-electron chi connectivity index (χ2n) is 8.41. The molecule has 0 radical (unpaired) electrons. The minimum atomic E-state index is -1.12. The Morgan fingerprint density at radius 3 is 2.63 bits per heavy atom. The Labute approximate surface area is 225 Å². The first-order chi connectivity index (χ1) is 18.3. The van der Waals surface area contributed by atoms with Crippen LogP contribution in [0.4, 0.5) is 0 Å². The number of ether oxygens (including phenoxy) is 1. The van der Waals surface area contributed by atoms with E-state index in [1.807, 2.05) is 30.3 Å². The molecule has 4 aromatic rings. The number of hydrogen-bond donors (Lipinski definition) is 1. The van der Waals surface area contributed by atoms with Crippen molar-refractivity contribution in [3.05, 3.63) is 114 Å². The molecule has 10 heteroatoms. The Balaban J connectivity index is 1.59. The number of esters is 1. The average Bonchev–Trinajstić information content (AvgIpc) is 3.48. The fourth-order valence-electron chi connectivity index (χ4n) is 4.30. The van der Waals surface area contributed by atoms with Gasteiger partial charge in [-0.25, -0.2) is 14.6 Å². The molecule has 2 aromatic heterocycles. The van der Waals surface area contributed by atoms with Gasteiger partial charge in [0.2, 0.25) is 0 Å². The van der Waals surface area contributed by atoms with Crippen LogP contribution in [0.1, 0.15) is 41.6 Å².